The number of fused-ring (bicyclic) bond motifs is 1. The maximum Gasteiger partial charge on any atom is 0.490 e. The van der Waals surface area contributed by atoms with Gasteiger partial charge in [0.05, 0.1) is 6.54 Å². The summed E-state index contributed by atoms with van der Waals surface area (Å²) in [7, 11) is 1.59. The van der Waals surface area contributed by atoms with Gasteiger partial charge in [0.1, 0.15) is 5.69 Å². The van der Waals surface area contributed by atoms with Crippen LogP contribution in [0.2, 0.25) is 0 Å². The molecule has 3 aromatic heterocycles. The van der Waals surface area contributed by atoms with Gasteiger partial charge >= 0.3 is 12.1 Å². The Balaban J connectivity index is 0.000000454. The highest BCUT2D eigenvalue weighted by Gasteiger charge is 2.38. The lowest BCUT2D eigenvalue weighted by Gasteiger charge is -2.28. The van der Waals surface area contributed by atoms with Gasteiger partial charge in [0, 0.05) is 43.3 Å². The van der Waals surface area contributed by atoms with Crippen LogP contribution in [0.25, 0.3) is 0 Å². The van der Waals surface area contributed by atoms with Gasteiger partial charge in [0.2, 0.25) is 0 Å². The van der Waals surface area contributed by atoms with Crippen LogP contribution in [0.3, 0.4) is 0 Å². The van der Waals surface area contributed by atoms with Crippen molar-refractivity contribution in [2.24, 2.45) is 7.05 Å². The molecule has 0 fully saturated rings. The Bertz CT molecular complexity index is 1370. The third-order valence-electron chi connectivity index (χ3n) is 5.67. The van der Waals surface area contributed by atoms with Crippen molar-refractivity contribution < 1.29 is 27.9 Å². The minimum Gasteiger partial charge on any atom is -0.475 e. The van der Waals surface area contributed by atoms with Crippen LogP contribution in [0.4, 0.5) is 13.2 Å². The van der Waals surface area contributed by atoms with Crippen molar-refractivity contribution in [2.45, 2.75) is 38.0 Å². The van der Waals surface area contributed by atoms with E-state index in [1.807, 2.05) is 22.8 Å². The first-order valence-corrected chi connectivity index (χ1v) is 10.8. The molecule has 190 valence electrons. The van der Waals surface area contributed by atoms with Gasteiger partial charge in [0.25, 0.3) is 17.0 Å². The fraction of sp³-hybridized carbons (Fsp3) is 0.292. The van der Waals surface area contributed by atoms with E-state index in [9.17, 15) is 27.6 Å². The van der Waals surface area contributed by atoms with Gasteiger partial charge in [-0.15, -0.1) is 0 Å². The molecule has 2 N–H and O–H groups in total. The molecule has 0 bridgehead atoms. The van der Waals surface area contributed by atoms with E-state index in [0.717, 1.165) is 23.2 Å². The molecule has 9 nitrogen and oxygen atoms in total. The molecule has 4 rings (SSSR count). The molecule has 3 heterocycles. The van der Waals surface area contributed by atoms with Crippen molar-refractivity contribution in [1.82, 2.24) is 19.4 Å². The van der Waals surface area contributed by atoms with Crippen molar-refractivity contribution in [2.75, 3.05) is 0 Å². The molecule has 36 heavy (non-hydrogen) atoms. The molecule has 1 amide bonds. The minimum atomic E-state index is -5.08. The van der Waals surface area contributed by atoms with E-state index in [4.69, 9.17) is 9.90 Å². The maximum absolute atomic E-state index is 12.6. The highest BCUT2D eigenvalue weighted by Crippen LogP contribution is 2.21. The van der Waals surface area contributed by atoms with Crippen LogP contribution in [0, 0.1) is 0 Å². The van der Waals surface area contributed by atoms with Gasteiger partial charge in [-0.05, 0) is 48.6 Å². The molecule has 1 aliphatic rings. The van der Waals surface area contributed by atoms with Gasteiger partial charge in [0.15, 0.2) is 0 Å². The third kappa shape index (κ3) is 6.46. The molecule has 12 heteroatoms. The molecule has 0 saturated heterocycles. The van der Waals surface area contributed by atoms with Gasteiger partial charge in [-0.3, -0.25) is 19.4 Å². The average molecular weight is 504 g/mol. The standard InChI is InChI=1S/C22H22N4O3.C2HF3O2/c1-25-19(3-2-4-20(25)27)22(29)24-17-6-7-18-16(13-17)5-8-21(28)26(18)14-15-9-11-23-12-10-15;3-2(4,5)1(6)7/h2-5,8-12,17H,6-7,13-14H2,1H3,(H,24,29);(H,6,7). The normalized spacial score (nSPS) is 14.7. The van der Waals surface area contributed by atoms with Crippen LogP contribution in [0.1, 0.15) is 33.7 Å². The van der Waals surface area contributed by atoms with Crippen LogP contribution in [0.5, 0.6) is 0 Å². The van der Waals surface area contributed by atoms with Gasteiger partial charge in [-0.2, -0.15) is 13.2 Å². The van der Waals surface area contributed by atoms with Crippen molar-refractivity contribution in [3.05, 3.63) is 98.1 Å². The number of aliphatic carboxylic acids is 1. The SMILES string of the molecule is Cn1c(C(=O)NC2CCc3c(ccc(=O)n3Cc3ccncc3)C2)cccc1=O.O=C(O)C(F)(F)F. The zero-order valence-corrected chi connectivity index (χ0v) is 19.2. The van der Waals surface area contributed by atoms with E-state index in [0.29, 0.717) is 25.1 Å². The molecular weight excluding hydrogens is 481 g/mol. The highest BCUT2D eigenvalue weighted by molar-refractivity contribution is 5.92. The fourth-order valence-electron chi connectivity index (χ4n) is 3.84. The van der Waals surface area contributed by atoms with Crippen LogP contribution in [-0.4, -0.2) is 43.3 Å². The number of nitrogens with one attached hydrogen (secondary N) is 1. The third-order valence-corrected chi connectivity index (χ3v) is 5.67. The summed E-state index contributed by atoms with van der Waals surface area (Å²) in [5, 5.41) is 10.2. The first kappa shape index (κ1) is 26.4. The Kier molecular flexibility index (Phi) is 8.07. The Labute approximate surface area is 202 Å². The molecule has 0 radical (unpaired) electrons. The monoisotopic (exact) mass is 504 g/mol. The van der Waals surface area contributed by atoms with Crippen molar-refractivity contribution in [3.8, 4) is 0 Å². The number of carboxylic acid groups (broad SMARTS) is 1. The molecule has 1 unspecified atom stereocenters. The lowest BCUT2D eigenvalue weighted by molar-refractivity contribution is -0.192. The van der Waals surface area contributed by atoms with Crippen LogP contribution in [0.15, 0.2) is 64.4 Å². The smallest absolute Gasteiger partial charge is 0.475 e. The molecule has 3 aromatic rings. The van der Waals surface area contributed by atoms with Crippen LogP contribution < -0.4 is 16.4 Å². The Morgan fingerprint density at radius 3 is 2.39 bits per heavy atom. The number of nitrogens with zero attached hydrogens (tertiary/aromatic N) is 3. The summed E-state index contributed by atoms with van der Waals surface area (Å²) >= 11 is 0. The largest absolute Gasteiger partial charge is 0.490 e. The quantitative estimate of drug-likeness (QED) is 0.560. The average Bonchev–Trinajstić information content (AvgIpc) is 2.83. The van der Waals surface area contributed by atoms with E-state index in [-0.39, 0.29) is 23.1 Å². The maximum atomic E-state index is 12.6. The summed E-state index contributed by atoms with van der Waals surface area (Å²) in [6, 6.07) is 11.9. The van der Waals surface area contributed by atoms with Crippen molar-refractivity contribution in [3.63, 3.8) is 0 Å². The lowest BCUT2D eigenvalue weighted by atomic mass is 9.91. The minimum absolute atomic E-state index is 0.0256. The molecule has 1 atom stereocenters. The number of rotatable bonds is 4. The second-order valence-corrected chi connectivity index (χ2v) is 8.11. The van der Waals surface area contributed by atoms with Gasteiger partial charge in [-0.1, -0.05) is 12.1 Å². The summed E-state index contributed by atoms with van der Waals surface area (Å²) in [5.74, 6) is -3.02. The lowest BCUT2D eigenvalue weighted by Crippen LogP contribution is -2.42. The van der Waals surface area contributed by atoms with E-state index >= 15 is 0 Å². The van der Waals surface area contributed by atoms with Crippen LogP contribution >= 0.6 is 0 Å². The molecule has 1 aliphatic carbocycles. The van der Waals surface area contributed by atoms with E-state index < -0.39 is 12.1 Å². The van der Waals surface area contributed by atoms with Crippen LogP contribution in [-0.2, 0) is 31.2 Å². The van der Waals surface area contributed by atoms with Crippen molar-refractivity contribution >= 4 is 11.9 Å². The van der Waals surface area contributed by atoms with E-state index in [1.54, 1.807) is 37.6 Å². The topological polar surface area (TPSA) is 123 Å². The van der Waals surface area contributed by atoms with Gasteiger partial charge in [-0.25, -0.2) is 4.79 Å². The first-order valence-electron chi connectivity index (χ1n) is 10.8. The molecule has 0 aromatic carbocycles. The summed E-state index contributed by atoms with van der Waals surface area (Å²) in [6.07, 6.45) is 0.448. The van der Waals surface area contributed by atoms with E-state index in [2.05, 4.69) is 10.3 Å². The molecular formula is C24H23F3N4O5. The summed E-state index contributed by atoms with van der Waals surface area (Å²) in [6.45, 7) is 0.508. The summed E-state index contributed by atoms with van der Waals surface area (Å²) < 4.78 is 34.9. The van der Waals surface area contributed by atoms with Crippen molar-refractivity contribution in [1.29, 1.82) is 0 Å². The Morgan fingerprint density at radius 1 is 1.08 bits per heavy atom. The molecule has 0 aliphatic heterocycles. The number of pyridine rings is 3. The zero-order chi connectivity index (χ0) is 26.5. The molecule has 0 spiro atoms. The number of hydrogen-bond acceptors (Lipinski definition) is 5. The Hall–Kier alpha value is -4.22. The number of carboxylic acids is 1. The zero-order valence-electron chi connectivity index (χ0n) is 19.2. The number of alkyl halides is 3. The number of hydrogen-bond donors (Lipinski definition) is 2. The Morgan fingerprint density at radius 2 is 1.75 bits per heavy atom. The number of halogens is 3. The predicted molar refractivity (Wildman–Crippen MR) is 123 cm³/mol. The summed E-state index contributed by atoms with van der Waals surface area (Å²) in [4.78, 5) is 49.8. The number of carbonyl (C=O) groups is 2. The number of amides is 1. The number of carbonyl (C=O) groups excluding carboxylic acids is 1. The van der Waals surface area contributed by atoms with E-state index in [1.165, 1.54) is 10.6 Å². The summed E-state index contributed by atoms with van der Waals surface area (Å²) in [5.41, 5.74) is 3.21. The first-order chi connectivity index (χ1) is 17.0. The predicted octanol–water partition coefficient (Wildman–Crippen LogP) is 1.91. The second kappa shape index (κ2) is 11.0. The number of aromatic nitrogens is 3. The second-order valence-electron chi connectivity index (χ2n) is 8.11. The highest BCUT2D eigenvalue weighted by atomic mass is 19.4. The molecule has 0 saturated carbocycles. The fourth-order valence-corrected chi connectivity index (χ4v) is 3.84. The van der Waals surface area contributed by atoms with Gasteiger partial charge < -0.3 is 19.6 Å².